The summed E-state index contributed by atoms with van der Waals surface area (Å²) < 4.78 is 1.87. The minimum absolute atomic E-state index is 0.118. The second-order valence-electron chi connectivity index (χ2n) is 6.87. The van der Waals surface area contributed by atoms with Crippen molar-refractivity contribution in [3.05, 3.63) is 17.0 Å². The number of aryl methyl sites for hydroxylation is 2. The normalized spacial score (nSPS) is 23.4. The van der Waals surface area contributed by atoms with Crippen LogP contribution in [0, 0.1) is 19.8 Å². The van der Waals surface area contributed by atoms with Crippen molar-refractivity contribution in [1.29, 1.82) is 0 Å². The lowest BCUT2D eigenvalue weighted by Crippen LogP contribution is -2.37. The first-order chi connectivity index (χ1) is 10.3. The van der Waals surface area contributed by atoms with Gasteiger partial charge in [0.15, 0.2) is 0 Å². The van der Waals surface area contributed by atoms with Gasteiger partial charge in [0.2, 0.25) is 5.91 Å². The fourth-order valence-corrected chi connectivity index (χ4v) is 3.83. The Morgan fingerprint density at radius 2 is 2.00 bits per heavy atom. The zero-order valence-electron chi connectivity index (χ0n) is 15.1. The van der Waals surface area contributed by atoms with Gasteiger partial charge in [-0.1, -0.05) is 13.3 Å². The van der Waals surface area contributed by atoms with Gasteiger partial charge in [-0.05, 0) is 40.8 Å². The van der Waals surface area contributed by atoms with Gasteiger partial charge < -0.3 is 9.80 Å². The van der Waals surface area contributed by atoms with Crippen LogP contribution >= 0.6 is 0 Å². The molecule has 22 heavy (non-hydrogen) atoms. The molecule has 0 spiro atoms. The van der Waals surface area contributed by atoms with Crippen LogP contribution < -0.4 is 0 Å². The highest BCUT2D eigenvalue weighted by Gasteiger charge is 2.37. The highest BCUT2D eigenvalue weighted by Crippen LogP contribution is 2.29. The van der Waals surface area contributed by atoms with Crippen LogP contribution in [0.15, 0.2) is 0 Å². The van der Waals surface area contributed by atoms with Gasteiger partial charge in [-0.25, -0.2) is 0 Å². The third-order valence-corrected chi connectivity index (χ3v) is 5.27. The third kappa shape index (κ3) is 2.91. The SMILES string of the molecule is CCC1CN(C(=O)C(C)c2c(C)nn(C)c2C)CC1N(C)C. The van der Waals surface area contributed by atoms with Crippen LogP contribution in [0.2, 0.25) is 0 Å². The molecular formula is C17H30N4O. The van der Waals surface area contributed by atoms with Crippen molar-refractivity contribution in [3.63, 3.8) is 0 Å². The molecule has 3 atom stereocenters. The molecule has 0 N–H and O–H groups in total. The summed E-state index contributed by atoms with van der Waals surface area (Å²) in [5.41, 5.74) is 3.15. The van der Waals surface area contributed by atoms with E-state index < -0.39 is 0 Å². The Morgan fingerprint density at radius 3 is 2.41 bits per heavy atom. The Balaban J connectivity index is 2.18. The van der Waals surface area contributed by atoms with Gasteiger partial charge >= 0.3 is 0 Å². The number of amides is 1. The highest BCUT2D eigenvalue weighted by molar-refractivity contribution is 5.84. The molecule has 124 valence electrons. The van der Waals surface area contributed by atoms with Crippen LogP contribution in [0.5, 0.6) is 0 Å². The van der Waals surface area contributed by atoms with E-state index in [0.717, 1.165) is 36.5 Å². The molecule has 2 rings (SSSR count). The molecule has 1 fully saturated rings. The average molecular weight is 306 g/mol. The molecule has 0 saturated carbocycles. The van der Waals surface area contributed by atoms with Crippen LogP contribution in [0.4, 0.5) is 0 Å². The lowest BCUT2D eigenvalue weighted by atomic mass is 9.97. The number of likely N-dealkylation sites (N-methyl/N-ethyl adjacent to an activating group) is 1. The number of aromatic nitrogens is 2. The quantitative estimate of drug-likeness (QED) is 0.853. The number of nitrogens with zero attached hydrogens (tertiary/aromatic N) is 4. The molecule has 1 aromatic heterocycles. The molecule has 1 aliphatic rings. The van der Waals surface area contributed by atoms with Crippen LogP contribution in [-0.2, 0) is 11.8 Å². The highest BCUT2D eigenvalue weighted by atomic mass is 16.2. The Morgan fingerprint density at radius 1 is 1.36 bits per heavy atom. The number of rotatable bonds is 4. The molecule has 0 aliphatic carbocycles. The molecule has 5 nitrogen and oxygen atoms in total. The summed E-state index contributed by atoms with van der Waals surface area (Å²) in [6.45, 7) is 9.99. The van der Waals surface area contributed by atoms with Crippen LogP contribution in [-0.4, -0.2) is 58.7 Å². The Bertz CT molecular complexity index is 549. The van der Waals surface area contributed by atoms with Crippen molar-refractivity contribution < 1.29 is 4.79 Å². The minimum atomic E-state index is -0.118. The molecular weight excluding hydrogens is 276 g/mol. The monoisotopic (exact) mass is 306 g/mol. The van der Waals surface area contributed by atoms with Crippen LogP contribution in [0.1, 0.15) is 43.1 Å². The number of carbonyl (C=O) groups is 1. The molecule has 1 saturated heterocycles. The second-order valence-corrected chi connectivity index (χ2v) is 6.87. The first kappa shape index (κ1) is 17.0. The van der Waals surface area contributed by atoms with E-state index in [1.807, 2.05) is 32.5 Å². The average Bonchev–Trinajstić information content (AvgIpc) is 3.00. The molecule has 0 aromatic carbocycles. The Labute approximate surface area is 134 Å². The topological polar surface area (TPSA) is 41.4 Å². The predicted molar refractivity (Wildman–Crippen MR) is 88.9 cm³/mol. The maximum Gasteiger partial charge on any atom is 0.230 e. The van der Waals surface area contributed by atoms with Gasteiger partial charge in [0.1, 0.15) is 0 Å². The molecule has 1 aliphatic heterocycles. The van der Waals surface area contributed by atoms with Crippen LogP contribution in [0.25, 0.3) is 0 Å². The number of hydrogen-bond acceptors (Lipinski definition) is 3. The Kier molecular flexibility index (Phi) is 4.95. The molecule has 5 heteroatoms. The van der Waals surface area contributed by atoms with Gasteiger partial charge in [0.05, 0.1) is 11.6 Å². The summed E-state index contributed by atoms with van der Waals surface area (Å²) >= 11 is 0. The lowest BCUT2D eigenvalue weighted by molar-refractivity contribution is -0.131. The van der Waals surface area contributed by atoms with Gasteiger partial charge in [0.25, 0.3) is 0 Å². The van der Waals surface area contributed by atoms with Gasteiger partial charge in [-0.2, -0.15) is 5.10 Å². The van der Waals surface area contributed by atoms with E-state index in [1.165, 1.54) is 0 Å². The fourth-order valence-electron chi connectivity index (χ4n) is 3.83. The number of likely N-dealkylation sites (tertiary alicyclic amines) is 1. The van der Waals surface area contributed by atoms with Crippen molar-refractivity contribution in [2.45, 2.75) is 46.1 Å². The predicted octanol–water partition coefficient (Wildman–Crippen LogP) is 1.94. The van der Waals surface area contributed by atoms with E-state index in [2.05, 4.69) is 35.9 Å². The Hall–Kier alpha value is -1.36. The van der Waals surface area contributed by atoms with Gasteiger partial charge in [-0.3, -0.25) is 9.48 Å². The van der Waals surface area contributed by atoms with E-state index in [-0.39, 0.29) is 11.8 Å². The van der Waals surface area contributed by atoms with Gasteiger partial charge in [-0.15, -0.1) is 0 Å². The van der Waals surface area contributed by atoms with Crippen molar-refractivity contribution in [2.24, 2.45) is 13.0 Å². The van der Waals surface area contributed by atoms with E-state index >= 15 is 0 Å². The molecule has 3 unspecified atom stereocenters. The van der Waals surface area contributed by atoms with E-state index in [9.17, 15) is 4.79 Å². The molecule has 1 aromatic rings. The third-order valence-electron chi connectivity index (χ3n) is 5.27. The van der Waals surface area contributed by atoms with E-state index in [0.29, 0.717) is 12.0 Å². The van der Waals surface area contributed by atoms with Crippen LogP contribution in [0.3, 0.4) is 0 Å². The number of carbonyl (C=O) groups excluding carboxylic acids is 1. The fraction of sp³-hybridized carbons (Fsp3) is 0.765. The van der Waals surface area contributed by atoms with Crippen molar-refractivity contribution in [3.8, 4) is 0 Å². The molecule has 0 radical (unpaired) electrons. The second kappa shape index (κ2) is 6.41. The van der Waals surface area contributed by atoms with Crippen molar-refractivity contribution in [2.75, 3.05) is 27.2 Å². The van der Waals surface area contributed by atoms with E-state index in [4.69, 9.17) is 0 Å². The van der Waals surface area contributed by atoms with Crippen molar-refractivity contribution >= 4 is 5.91 Å². The minimum Gasteiger partial charge on any atom is -0.340 e. The summed E-state index contributed by atoms with van der Waals surface area (Å²) in [5.74, 6) is 0.691. The first-order valence-corrected chi connectivity index (χ1v) is 8.23. The standard InChI is InChI=1S/C17H30N4O/c1-8-14-9-21(10-15(14)19(5)6)17(22)11(2)16-12(3)18-20(7)13(16)4/h11,14-15H,8-10H2,1-7H3. The largest absolute Gasteiger partial charge is 0.340 e. The number of hydrogen-bond donors (Lipinski definition) is 0. The van der Waals surface area contributed by atoms with Gasteiger partial charge in [0, 0.05) is 37.4 Å². The maximum atomic E-state index is 13.0. The summed E-state index contributed by atoms with van der Waals surface area (Å²) in [7, 11) is 6.16. The summed E-state index contributed by atoms with van der Waals surface area (Å²) in [6.07, 6.45) is 1.12. The van der Waals surface area contributed by atoms with Crippen molar-refractivity contribution in [1.82, 2.24) is 19.6 Å². The summed E-state index contributed by atoms with van der Waals surface area (Å²) in [4.78, 5) is 17.3. The van der Waals surface area contributed by atoms with E-state index in [1.54, 1.807) is 0 Å². The summed E-state index contributed by atoms with van der Waals surface area (Å²) in [5, 5.41) is 4.45. The zero-order chi connectivity index (χ0) is 16.6. The lowest BCUT2D eigenvalue weighted by Gasteiger charge is -2.24. The molecule has 2 heterocycles. The molecule has 0 bridgehead atoms. The summed E-state index contributed by atoms with van der Waals surface area (Å²) in [6, 6.07) is 0.470. The first-order valence-electron chi connectivity index (χ1n) is 8.23. The zero-order valence-corrected chi connectivity index (χ0v) is 15.1. The molecule has 1 amide bonds. The smallest absolute Gasteiger partial charge is 0.230 e. The maximum absolute atomic E-state index is 13.0.